The molecule has 0 spiro atoms. The minimum absolute atomic E-state index is 0.179. The average Bonchev–Trinajstić information content (AvgIpc) is 2.77. The third-order valence-corrected chi connectivity index (χ3v) is 7.70. The van der Waals surface area contributed by atoms with E-state index < -0.39 is 10.0 Å². The van der Waals surface area contributed by atoms with Gasteiger partial charge in [-0.05, 0) is 49.1 Å². The number of carbonyl (C=O) groups excluding carboxylic acids is 1. The van der Waals surface area contributed by atoms with Crippen LogP contribution < -0.4 is 9.62 Å². The van der Waals surface area contributed by atoms with Gasteiger partial charge in [-0.15, -0.1) is 0 Å². The van der Waals surface area contributed by atoms with Gasteiger partial charge in [0.05, 0.1) is 16.6 Å². The summed E-state index contributed by atoms with van der Waals surface area (Å²) in [5.41, 5.74) is 5.37. The van der Waals surface area contributed by atoms with Gasteiger partial charge in [0.25, 0.3) is 10.0 Å². The van der Waals surface area contributed by atoms with E-state index in [-0.39, 0.29) is 23.4 Å². The average molecular weight is 435 g/mol. The van der Waals surface area contributed by atoms with Crippen molar-refractivity contribution in [2.75, 3.05) is 10.8 Å². The summed E-state index contributed by atoms with van der Waals surface area (Å²) in [5.74, 6) is -0.331. The molecule has 1 aliphatic heterocycles. The van der Waals surface area contributed by atoms with E-state index >= 15 is 0 Å². The predicted molar refractivity (Wildman–Crippen MR) is 124 cm³/mol. The number of benzene rings is 3. The van der Waals surface area contributed by atoms with Gasteiger partial charge >= 0.3 is 0 Å². The fourth-order valence-electron chi connectivity index (χ4n) is 4.02. The molecule has 1 heterocycles. The molecule has 3 aromatic carbocycles. The van der Waals surface area contributed by atoms with Crippen LogP contribution in [0.2, 0.25) is 0 Å². The molecular weight excluding hydrogens is 408 g/mol. The Hall–Kier alpha value is -3.12. The van der Waals surface area contributed by atoms with Crippen LogP contribution in [-0.4, -0.2) is 20.9 Å². The van der Waals surface area contributed by atoms with Crippen molar-refractivity contribution in [1.82, 2.24) is 5.32 Å². The highest BCUT2D eigenvalue weighted by molar-refractivity contribution is 7.93. The summed E-state index contributed by atoms with van der Waals surface area (Å²) in [7, 11) is -3.84. The van der Waals surface area contributed by atoms with E-state index in [4.69, 9.17) is 0 Å². The molecule has 1 amide bonds. The zero-order chi connectivity index (χ0) is 22.2. The summed E-state index contributed by atoms with van der Waals surface area (Å²) >= 11 is 0. The third-order valence-electron chi connectivity index (χ3n) is 5.88. The highest BCUT2D eigenvalue weighted by Gasteiger charge is 2.35. The second kappa shape index (κ2) is 8.19. The van der Waals surface area contributed by atoms with Crippen LogP contribution in [0, 0.1) is 13.8 Å². The Morgan fingerprint density at radius 3 is 2.32 bits per heavy atom. The van der Waals surface area contributed by atoms with Crippen molar-refractivity contribution in [1.29, 1.82) is 0 Å². The van der Waals surface area contributed by atoms with Crippen LogP contribution in [-0.2, 0) is 14.8 Å². The molecule has 31 heavy (non-hydrogen) atoms. The van der Waals surface area contributed by atoms with Crippen molar-refractivity contribution in [3.8, 4) is 11.1 Å². The van der Waals surface area contributed by atoms with Crippen molar-refractivity contribution in [2.45, 2.75) is 38.1 Å². The minimum Gasteiger partial charge on any atom is -0.348 e. The number of hydrogen-bond acceptors (Lipinski definition) is 3. The van der Waals surface area contributed by atoms with E-state index in [0.29, 0.717) is 17.7 Å². The zero-order valence-corrected chi connectivity index (χ0v) is 18.7. The van der Waals surface area contributed by atoms with Crippen LogP contribution in [0.15, 0.2) is 71.6 Å². The molecule has 0 unspecified atom stereocenters. The molecule has 0 aliphatic carbocycles. The monoisotopic (exact) mass is 434 g/mol. The summed E-state index contributed by atoms with van der Waals surface area (Å²) in [6, 6.07) is 20.2. The van der Waals surface area contributed by atoms with Crippen molar-refractivity contribution >= 4 is 21.6 Å². The number of nitrogens with zero attached hydrogens (tertiary/aromatic N) is 1. The van der Waals surface area contributed by atoms with Crippen LogP contribution in [0.1, 0.15) is 36.1 Å². The predicted octanol–water partition coefficient (Wildman–Crippen LogP) is 4.75. The summed E-state index contributed by atoms with van der Waals surface area (Å²) in [6.45, 7) is 5.83. The molecule has 0 aromatic heterocycles. The maximum Gasteiger partial charge on any atom is 0.265 e. The van der Waals surface area contributed by atoms with Gasteiger partial charge in [-0.25, -0.2) is 8.42 Å². The number of para-hydroxylation sites is 1. The van der Waals surface area contributed by atoms with E-state index in [9.17, 15) is 13.2 Å². The molecule has 1 aliphatic rings. The summed E-state index contributed by atoms with van der Waals surface area (Å²) in [4.78, 5) is 13.2. The third kappa shape index (κ3) is 3.83. The number of sulfonamides is 1. The first-order chi connectivity index (χ1) is 14.8. The number of amides is 1. The Morgan fingerprint density at radius 2 is 1.61 bits per heavy atom. The quantitative estimate of drug-likeness (QED) is 0.630. The first kappa shape index (κ1) is 21.1. The van der Waals surface area contributed by atoms with Gasteiger partial charge in [0.1, 0.15) is 6.54 Å². The standard InChI is InChI=1S/C25H26N2O3S/c1-4-22(19-14-13-17(2)18(3)15-19)26-25(28)16-27-23-11-7-5-9-20(23)21-10-6-8-12-24(21)31(27,29)30/h5-15,22H,4,16H2,1-3H3,(H,26,28)/t22-/m1/s1. The highest BCUT2D eigenvalue weighted by atomic mass is 32.2. The van der Waals surface area contributed by atoms with Gasteiger partial charge in [0.15, 0.2) is 0 Å². The van der Waals surface area contributed by atoms with E-state index in [2.05, 4.69) is 18.3 Å². The molecule has 0 radical (unpaired) electrons. The van der Waals surface area contributed by atoms with Crippen molar-refractivity contribution in [2.24, 2.45) is 0 Å². The lowest BCUT2D eigenvalue weighted by Crippen LogP contribution is -2.43. The number of carbonyl (C=O) groups is 1. The fraction of sp³-hybridized carbons (Fsp3) is 0.240. The summed E-state index contributed by atoms with van der Waals surface area (Å²) in [5, 5.41) is 3.02. The number of rotatable bonds is 5. The topological polar surface area (TPSA) is 66.5 Å². The second-order valence-corrected chi connectivity index (χ2v) is 9.73. The lowest BCUT2D eigenvalue weighted by Gasteiger charge is -2.32. The normalized spacial score (nSPS) is 15.0. The molecular formula is C25H26N2O3S. The first-order valence-corrected chi connectivity index (χ1v) is 11.8. The van der Waals surface area contributed by atoms with Crippen molar-refractivity contribution < 1.29 is 13.2 Å². The summed E-state index contributed by atoms with van der Waals surface area (Å²) in [6.07, 6.45) is 0.709. The Kier molecular flexibility index (Phi) is 5.58. The molecule has 0 saturated heterocycles. The van der Waals surface area contributed by atoms with Crippen molar-refractivity contribution in [3.05, 3.63) is 83.4 Å². The fourth-order valence-corrected chi connectivity index (χ4v) is 5.67. The van der Waals surface area contributed by atoms with Crippen LogP contribution in [0.5, 0.6) is 0 Å². The molecule has 5 nitrogen and oxygen atoms in total. The minimum atomic E-state index is -3.84. The lowest BCUT2D eigenvalue weighted by molar-refractivity contribution is -0.120. The number of fused-ring (bicyclic) bond motifs is 3. The summed E-state index contributed by atoms with van der Waals surface area (Å²) < 4.78 is 27.9. The molecule has 3 aromatic rings. The van der Waals surface area contributed by atoms with Gasteiger partial charge in [-0.3, -0.25) is 9.10 Å². The second-order valence-electron chi connectivity index (χ2n) is 7.90. The van der Waals surface area contributed by atoms with Crippen LogP contribution >= 0.6 is 0 Å². The van der Waals surface area contributed by atoms with E-state index in [1.165, 1.54) is 9.87 Å². The number of hydrogen-bond donors (Lipinski definition) is 1. The number of anilines is 1. The number of aryl methyl sites for hydroxylation is 2. The van der Waals surface area contributed by atoms with Gasteiger partial charge in [-0.2, -0.15) is 0 Å². The number of nitrogens with one attached hydrogen (secondary N) is 1. The molecule has 4 rings (SSSR count). The van der Waals surface area contributed by atoms with Gasteiger partial charge < -0.3 is 5.32 Å². The molecule has 160 valence electrons. The Morgan fingerprint density at radius 1 is 0.935 bits per heavy atom. The lowest BCUT2D eigenvalue weighted by atomic mass is 9.99. The van der Waals surface area contributed by atoms with Gasteiger partial charge in [-0.1, -0.05) is 61.5 Å². The SMILES string of the molecule is CC[C@@H](NC(=O)CN1c2ccccc2-c2ccccc2S1(=O)=O)c1ccc(C)c(C)c1. The molecule has 6 heteroatoms. The van der Waals surface area contributed by atoms with Crippen LogP contribution in [0.25, 0.3) is 11.1 Å². The smallest absolute Gasteiger partial charge is 0.265 e. The Bertz CT molecular complexity index is 1250. The van der Waals surface area contributed by atoms with E-state index in [1.807, 2.05) is 44.2 Å². The maximum atomic E-state index is 13.4. The maximum absolute atomic E-state index is 13.4. The zero-order valence-electron chi connectivity index (χ0n) is 17.9. The molecule has 1 atom stereocenters. The highest BCUT2D eigenvalue weighted by Crippen LogP contribution is 2.42. The molecule has 0 fully saturated rings. The van der Waals surface area contributed by atoms with Gasteiger partial charge in [0.2, 0.25) is 5.91 Å². The molecule has 0 bridgehead atoms. The Labute approximate surface area is 183 Å². The largest absolute Gasteiger partial charge is 0.348 e. The molecule has 1 N–H and O–H groups in total. The van der Waals surface area contributed by atoms with Crippen LogP contribution in [0.4, 0.5) is 5.69 Å². The van der Waals surface area contributed by atoms with E-state index in [1.54, 1.807) is 30.3 Å². The first-order valence-electron chi connectivity index (χ1n) is 10.4. The Balaban J connectivity index is 1.64. The van der Waals surface area contributed by atoms with Crippen LogP contribution in [0.3, 0.4) is 0 Å². The van der Waals surface area contributed by atoms with Gasteiger partial charge in [0, 0.05) is 11.1 Å². The van der Waals surface area contributed by atoms with E-state index in [0.717, 1.165) is 16.7 Å². The van der Waals surface area contributed by atoms with Crippen molar-refractivity contribution in [3.63, 3.8) is 0 Å². The molecule has 0 saturated carbocycles.